The molecule has 3 heterocycles. The highest BCUT2D eigenvalue weighted by atomic mass is 32.2. The predicted molar refractivity (Wildman–Crippen MR) is 78.5 cm³/mol. The van der Waals surface area contributed by atoms with Gasteiger partial charge in [-0.2, -0.15) is 9.82 Å². The van der Waals surface area contributed by atoms with Crippen LogP contribution in [0.4, 0.5) is 5.69 Å². The molecule has 22 heavy (non-hydrogen) atoms. The summed E-state index contributed by atoms with van der Waals surface area (Å²) in [5.74, 6) is -0.277. The molecular weight excluding hydrogens is 306 g/mol. The molecule has 1 saturated heterocycles. The highest BCUT2D eigenvalue weighted by molar-refractivity contribution is 7.89. The maximum atomic E-state index is 12.4. The van der Waals surface area contributed by atoms with Gasteiger partial charge in [0.25, 0.3) is 0 Å². The Morgan fingerprint density at radius 2 is 2.18 bits per heavy atom. The molecule has 1 amide bonds. The Hall–Kier alpha value is -2.26. The monoisotopic (exact) mass is 321 g/mol. The Morgan fingerprint density at radius 3 is 2.82 bits per heavy atom. The Labute approximate surface area is 127 Å². The lowest BCUT2D eigenvalue weighted by atomic mass is 10.3. The van der Waals surface area contributed by atoms with Gasteiger partial charge in [-0.05, 0) is 18.6 Å². The lowest BCUT2D eigenvalue weighted by Gasteiger charge is -2.15. The Balaban J connectivity index is 1.76. The van der Waals surface area contributed by atoms with Crippen molar-refractivity contribution in [2.24, 2.45) is 7.05 Å². The van der Waals surface area contributed by atoms with Gasteiger partial charge in [0.2, 0.25) is 15.9 Å². The van der Waals surface area contributed by atoms with Crippen molar-refractivity contribution in [3.05, 3.63) is 36.9 Å². The topological polar surface area (TPSA) is 97.2 Å². The fourth-order valence-corrected chi connectivity index (χ4v) is 3.54. The Morgan fingerprint density at radius 1 is 1.36 bits per heavy atom. The number of aryl methyl sites for hydroxylation is 1. The van der Waals surface area contributed by atoms with Gasteiger partial charge in [-0.25, -0.2) is 8.42 Å². The molecule has 1 fully saturated rings. The zero-order valence-corrected chi connectivity index (χ0v) is 12.7. The number of nitrogens with zero attached hydrogens (tertiary/aromatic N) is 4. The van der Waals surface area contributed by atoms with E-state index in [1.165, 1.54) is 29.4 Å². The average Bonchev–Trinajstić information content (AvgIpc) is 3.07. The molecule has 1 unspecified atom stereocenters. The van der Waals surface area contributed by atoms with Crippen LogP contribution in [0.2, 0.25) is 0 Å². The van der Waals surface area contributed by atoms with Crippen molar-refractivity contribution in [2.75, 3.05) is 11.4 Å². The molecular formula is C13H15N5O3S. The van der Waals surface area contributed by atoms with E-state index in [1.54, 1.807) is 24.1 Å². The van der Waals surface area contributed by atoms with Crippen molar-refractivity contribution >= 4 is 21.6 Å². The molecule has 2 aromatic heterocycles. The standard InChI is InChI=1S/C13H15N5O3S/c1-17-9-10(7-15-17)18-6-4-12(13(18)19)16-22(20,21)11-3-2-5-14-8-11/h2-3,5,7-9,12,16H,4,6H2,1H3. The van der Waals surface area contributed by atoms with Crippen LogP contribution in [0, 0.1) is 0 Å². The maximum absolute atomic E-state index is 12.4. The van der Waals surface area contributed by atoms with E-state index >= 15 is 0 Å². The number of amides is 1. The van der Waals surface area contributed by atoms with Gasteiger partial charge < -0.3 is 4.90 Å². The summed E-state index contributed by atoms with van der Waals surface area (Å²) in [6.07, 6.45) is 6.45. The van der Waals surface area contributed by atoms with Crippen molar-refractivity contribution in [1.82, 2.24) is 19.5 Å². The van der Waals surface area contributed by atoms with Gasteiger partial charge in [0.15, 0.2) is 0 Å². The number of rotatable bonds is 4. The number of sulfonamides is 1. The van der Waals surface area contributed by atoms with Gasteiger partial charge in [0.05, 0.1) is 11.9 Å². The van der Waals surface area contributed by atoms with E-state index < -0.39 is 16.1 Å². The van der Waals surface area contributed by atoms with Crippen molar-refractivity contribution in [1.29, 1.82) is 0 Å². The van der Waals surface area contributed by atoms with Crippen LogP contribution in [0.5, 0.6) is 0 Å². The zero-order chi connectivity index (χ0) is 15.7. The van der Waals surface area contributed by atoms with Gasteiger partial charge in [-0.3, -0.25) is 14.5 Å². The summed E-state index contributed by atoms with van der Waals surface area (Å²) in [6.45, 7) is 0.449. The molecule has 1 N–H and O–H groups in total. The van der Waals surface area contributed by atoms with E-state index in [0.29, 0.717) is 18.7 Å². The molecule has 2 aromatic rings. The molecule has 0 aromatic carbocycles. The third-order valence-electron chi connectivity index (χ3n) is 3.45. The molecule has 0 radical (unpaired) electrons. The predicted octanol–water partition coefficient (Wildman–Crippen LogP) is -0.101. The largest absolute Gasteiger partial charge is 0.308 e. The summed E-state index contributed by atoms with van der Waals surface area (Å²) < 4.78 is 28.5. The normalized spacial score (nSPS) is 18.9. The molecule has 1 aliphatic rings. The van der Waals surface area contributed by atoms with Crippen molar-refractivity contribution in [3.63, 3.8) is 0 Å². The lowest BCUT2D eigenvalue weighted by molar-refractivity contribution is -0.118. The molecule has 116 valence electrons. The van der Waals surface area contributed by atoms with Gasteiger partial charge >= 0.3 is 0 Å². The summed E-state index contributed by atoms with van der Waals surface area (Å²) in [5.41, 5.74) is 0.663. The number of nitrogens with one attached hydrogen (secondary N) is 1. The fourth-order valence-electron chi connectivity index (χ4n) is 2.35. The van der Waals surface area contributed by atoms with Gasteiger partial charge in [0, 0.05) is 32.2 Å². The minimum absolute atomic E-state index is 0.0441. The van der Waals surface area contributed by atoms with E-state index in [4.69, 9.17) is 0 Å². The van der Waals surface area contributed by atoms with Gasteiger partial charge in [-0.1, -0.05) is 0 Å². The fraction of sp³-hybridized carbons (Fsp3) is 0.308. The molecule has 1 atom stereocenters. The molecule has 0 bridgehead atoms. The smallest absolute Gasteiger partial charge is 0.245 e. The lowest BCUT2D eigenvalue weighted by Crippen LogP contribution is -2.41. The number of pyridine rings is 1. The number of carbonyl (C=O) groups excluding carboxylic acids is 1. The molecule has 8 nitrogen and oxygen atoms in total. The summed E-state index contributed by atoms with van der Waals surface area (Å²) in [5, 5.41) is 4.02. The second-order valence-electron chi connectivity index (χ2n) is 5.01. The Kier molecular flexibility index (Phi) is 3.67. The number of anilines is 1. The van der Waals surface area contributed by atoms with Crippen molar-refractivity contribution in [2.45, 2.75) is 17.4 Å². The SMILES string of the molecule is Cn1cc(N2CCC(NS(=O)(=O)c3cccnc3)C2=O)cn1. The van der Waals surface area contributed by atoms with Gasteiger partial charge in [0.1, 0.15) is 10.9 Å². The van der Waals surface area contributed by atoms with Crippen LogP contribution in [0.15, 0.2) is 41.8 Å². The first-order valence-electron chi connectivity index (χ1n) is 6.70. The highest BCUT2D eigenvalue weighted by Gasteiger charge is 2.36. The van der Waals surface area contributed by atoms with Crippen LogP contribution < -0.4 is 9.62 Å². The van der Waals surface area contributed by atoms with E-state index in [1.807, 2.05) is 0 Å². The number of hydrogen-bond acceptors (Lipinski definition) is 5. The zero-order valence-electron chi connectivity index (χ0n) is 11.9. The van der Waals surface area contributed by atoms with Gasteiger partial charge in [-0.15, -0.1) is 0 Å². The molecule has 1 aliphatic heterocycles. The summed E-state index contributed by atoms with van der Waals surface area (Å²) >= 11 is 0. The highest BCUT2D eigenvalue weighted by Crippen LogP contribution is 2.21. The number of carbonyl (C=O) groups is 1. The third kappa shape index (κ3) is 2.72. The molecule has 0 saturated carbocycles. The molecule has 9 heteroatoms. The molecule has 3 rings (SSSR count). The van der Waals surface area contributed by atoms with Crippen LogP contribution in [0.25, 0.3) is 0 Å². The van der Waals surface area contributed by atoms with Crippen LogP contribution in [-0.2, 0) is 21.9 Å². The maximum Gasteiger partial charge on any atom is 0.245 e. The summed E-state index contributed by atoms with van der Waals surface area (Å²) in [4.78, 5) is 17.7. The summed E-state index contributed by atoms with van der Waals surface area (Å²) in [7, 11) is -2.00. The Bertz CT molecular complexity index is 787. The van der Waals surface area contributed by atoms with E-state index in [-0.39, 0.29) is 10.8 Å². The van der Waals surface area contributed by atoms with Crippen molar-refractivity contribution < 1.29 is 13.2 Å². The van der Waals surface area contributed by atoms with Crippen LogP contribution >= 0.6 is 0 Å². The first-order valence-corrected chi connectivity index (χ1v) is 8.18. The molecule has 0 aliphatic carbocycles. The molecule has 0 spiro atoms. The summed E-state index contributed by atoms with van der Waals surface area (Å²) in [6, 6.07) is 2.20. The van der Waals surface area contributed by atoms with Crippen LogP contribution in [-0.4, -0.2) is 41.7 Å². The van der Waals surface area contributed by atoms with E-state index in [0.717, 1.165) is 0 Å². The number of hydrogen-bond donors (Lipinski definition) is 1. The van der Waals surface area contributed by atoms with Crippen LogP contribution in [0.3, 0.4) is 0 Å². The minimum atomic E-state index is -3.76. The number of aromatic nitrogens is 3. The van der Waals surface area contributed by atoms with Crippen LogP contribution in [0.1, 0.15) is 6.42 Å². The minimum Gasteiger partial charge on any atom is -0.308 e. The van der Waals surface area contributed by atoms with E-state index in [2.05, 4.69) is 14.8 Å². The average molecular weight is 321 g/mol. The quantitative estimate of drug-likeness (QED) is 0.848. The first kappa shape index (κ1) is 14.7. The van der Waals surface area contributed by atoms with E-state index in [9.17, 15) is 13.2 Å². The second kappa shape index (κ2) is 5.50. The van der Waals surface area contributed by atoms with Crippen molar-refractivity contribution in [3.8, 4) is 0 Å². The third-order valence-corrected chi connectivity index (χ3v) is 4.91. The second-order valence-corrected chi connectivity index (χ2v) is 6.73. The first-order chi connectivity index (χ1) is 10.5.